The lowest BCUT2D eigenvalue weighted by molar-refractivity contribution is -0.168. The third-order valence-corrected chi connectivity index (χ3v) is 2.15. The zero-order valence-corrected chi connectivity index (χ0v) is 9.47. The molecule has 0 aliphatic carbocycles. The largest absolute Gasteiger partial charge is 0.479 e. The maximum Gasteiger partial charge on any atom is 0.333 e. The van der Waals surface area contributed by atoms with Gasteiger partial charge in [0, 0.05) is 0 Å². The number of ether oxygens (including phenoxy) is 1. The Bertz CT molecular complexity index is 285. The maximum absolute atomic E-state index is 11.4. The molecule has 0 aromatic rings. The van der Waals surface area contributed by atoms with Crippen LogP contribution in [0.4, 0.5) is 0 Å². The summed E-state index contributed by atoms with van der Waals surface area (Å²) in [5, 5.41) is 17.7. The molecule has 0 amide bonds. The Morgan fingerprint density at radius 3 is 2.12 bits per heavy atom. The van der Waals surface area contributed by atoms with E-state index in [1.807, 2.05) is 0 Å². The van der Waals surface area contributed by atoms with Gasteiger partial charge in [-0.3, -0.25) is 9.59 Å². The monoisotopic (exact) mass is 232 g/mol. The molecule has 0 heterocycles. The topological polar surface area (TPSA) is 101 Å². The number of carboxylic acid groups (broad SMARTS) is 1. The fourth-order valence-electron chi connectivity index (χ4n) is 1.01. The molecular formula is C10H16O6. The number of aliphatic hydroxyl groups is 1. The second-order valence-electron chi connectivity index (χ2n) is 3.53. The fraction of sp³-hybridized carbons (Fsp3) is 0.700. The van der Waals surface area contributed by atoms with Gasteiger partial charge in [-0.2, -0.15) is 0 Å². The predicted octanol–water partition coefficient (Wildman–Crippen LogP) is -0.0212. The van der Waals surface area contributed by atoms with Gasteiger partial charge in [0.1, 0.15) is 5.78 Å². The number of aliphatic carboxylic acids is 1. The lowest BCUT2D eigenvalue weighted by atomic mass is 9.98. The minimum absolute atomic E-state index is 0.421. The molecule has 0 rings (SSSR count). The number of carbonyl (C=O) groups excluding carboxylic acids is 2. The van der Waals surface area contributed by atoms with Gasteiger partial charge in [-0.25, -0.2) is 4.79 Å². The molecule has 2 N–H and O–H groups in total. The van der Waals surface area contributed by atoms with E-state index in [0.29, 0.717) is 6.42 Å². The number of carbonyl (C=O) groups is 3. The summed E-state index contributed by atoms with van der Waals surface area (Å²) in [6, 6.07) is 0. The molecule has 0 spiro atoms. The molecule has 0 fully saturated rings. The first-order valence-electron chi connectivity index (χ1n) is 4.93. The van der Waals surface area contributed by atoms with Gasteiger partial charge < -0.3 is 14.9 Å². The highest BCUT2D eigenvalue weighted by Crippen LogP contribution is 2.11. The van der Waals surface area contributed by atoms with E-state index in [0.717, 1.165) is 6.92 Å². The summed E-state index contributed by atoms with van der Waals surface area (Å²) in [5.74, 6) is -5.02. The van der Waals surface area contributed by atoms with Gasteiger partial charge in [-0.15, -0.1) is 0 Å². The number of hydrogen-bond acceptors (Lipinski definition) is 5. The quantitative estimate of drug-likeness (QED) is 0.493. The van der Waals surface area contributed by atoms with Crippen LogP contribution in [0.2, 0.25) is 0 Å². The zero-order valence-electron chi connectivity index (χ0n) is 9.47. The second-order valence-corrected chi connectivity index (χ2v) is 3.53. The summed E-state index contributed by atoms with van der Waals surface area (Å²) in [6.07, 6.45) is -1.94. The van der Waals surface area contributed by atoms with Crippen LogP contribution in [0.15, 0.2) is 0 Å². The number of rotatable bonds is 6. The average Bonchev–Trinajstić information content (AvgIpc) is 2.16. The molecule has 3 unspecified atom stereocenters. The Morgan fingerprint density at radius 2 is 1.81 bits per heavy atom. The van der Waals surface area contributed by atoms with Gasteiger partial charge in [-0.1, -0.05) is 6.92 Å². The van der Waals surface area contributed by atoms with Crippen LogP contribution in [-0.2, 0) is 19.1 Å². The van der Waals surface area contributed by atoms with Gasteiger partial charge in [0.05, 0.1) is 6.10 Å². The Balaban J connectivity index is 4.73. The predicted molar refractivity (Wildman–Crippen MR) is 53.7 cm³/mol. The van der Waals surface area contributed by atoms with Crippen molar-refractivity contribution in [2.45, 2.75) is 39.4 Å². The van der Waals surface area contributed by atoms with Crippen molar-refractivity contribution in [2.24, 2.45) is 5.92 Å². The van der Waals surface area contributed by atoms with Crippen molar-refractivity contribution in [2.75, 3.05) is 0 Å². The number of aliphatic hydroxyl groups excluding tert-OH is 1. The number of carboxylic acids is 1. The molecule has 3 atom stereocenters. The average molecular weight is 232 g/mol. The molecule has 92 valence electrons. The number of esters is 1. The molecule has 0 bridgehead atoms. The van der Waals surface area contributed by atoms with Crippen LogP contribution in [0.25, 0.3) is 0 Å². The van der Waals surface area contributed by atoms with Crippen molar-refractivity contribution >= 4 is 17.7 Å². The van der Waals surface area contributed by atoms with Crippen LogP contribution < -0.4 is 0 Å². The van der Waals surface area contributed by atoms with E-state index in [1.54, 1.807) is 13.8 Å². The third-order valence-electron chi connectivity index (χ3n) is 2.15. The molecule has 0 radical (unpaired) electrons. The Kier molecular flexibility index (Phi) is 5.66. The van der Waals surface area contributed by atoms with Gasteiger partial charge >= 0.3 is 11.9 Å². The first kappa shape index (κ1) is 14.6. The first-order valence-corrected chi connectivity index (χ1v) is 4.93. The number of Topliss-reactive ketones (excluding diaryl/α,β-unsaturated/α-hetero) is 1. The Hall–Kier alpha value is -1.43. The maximum atomic E-state index is 11.4. The molecule has 0 aromatic heterocycles. The van der Waals surface area contributed by atoms with Crippen LogP contribution in [0.3, 0.4) is 0 Å². The van der Waals surface area contributed by atoms with Crippen LogP contribution >= 0.6 is 0 Å². The highest BCUT2D eigenvalue weighted by Gasteiger charge is 2.37. The second kappa shape index (κ2) is 6.22. The van der Waals surface area contributed by atoms with Gasteiger partial charge in [0.2, 0.25) is 0 Å². The van der Waals surface area contributed by atoms with Gasteiger partial charge in [-0.05, 0) is 20.3 Å². The van der Waals surface area contributed by atoms with Crippen molar-refractivity contribution in [3.05, 3.63) is 0 Å². The summed E-state index contributed by atoms with van der Waals surface area (Å²) in [6.45, 7) is 4.42. The fourth-order valence-corrected chi connectivity index (χ4v) is 1.01. The molecular weight excluding hydrogens is 216 g/mol. The lowest BCUT2D eigenvalue weighted by Gasteiger charge is -2.18. The minimum Gasteiger partial charge on any atom is -0.479 e. The number of ketones is 1. The van der Waals surface area contributed by atoms with E-state index in [2.05, 4.69) is 0 Å². The van der Waals surface area contributed by atoms with Crippen molar-refractivity contribution in [3.63, 3.8) is 0 Å². The Labute approximate surface area is 93.2 Å². The molecule has 6 heteroatoms. The summed E-state index contributed by atoms with van der Waals surface area (Å²) >= 11 is 0. The molecule has 0 aliphatic heterocycles. The van der Waals surface area contributed by atoms with E-state index in [4.69, 9.17) is 9.84 Å². The van der Waals surface area contributed by atoms with Gasteiger partial charge in [0.25, 0.3) is 0 Å². The van der Waals surface area contributed by atoms with Crippen LogP contribution in [0.1, 0.15) is 27.2 Å². The van der Waals surface area contributed by atoms with E-state index in [1.165, 1.54) is 0 Å². The molecule has 16 heavy (non-hydrogen) atoms. The summed E-state index contributed by atoms with van der Waals surface area (Å²) in [5.41, 5.74) is 0. The van der Waals surface area contributed by atoms with E-state index in [9.17, 15) is 19.5 Å². The highest BCUT2D eigenvalue weighted by molar-refractivity contribution is 6.02. The van der Waals surface area contributed by atoms with Gasteiger partial charge in [0.15, 0.2) is 12.0 Å². The normalized spacial score (nSPS) is 16.0. The van der Waals surface area contributed by atoms with Crippen LogP contribution in [0.5, 0.6) is 0 Å². The summed E-state index contributed by atoms with van der Waals surface area (Å²) in [4.78, 5) is 33.0. The molecule has 6 nitrogen and oxygen atoms in total. The molecule has 0 saturated carbocycles. The minimum atomic E-state index is -2.06. The number of hydrogen-bond donors (Lipinski definition) is 2. The van der Waals surface area contributed by atoms with Crippen LogP contribution in [-0.4, -0.2) is 40.1 Å². The van der Waals surface area contributed by atoms with Crippen molar-refractivity contribution in [1.82, 2.24) is 0 Å². The standard InChI is InChI=1S/C10H16O6/c1-4-5(2)16-10(15)7(6(3)11)8(12)9(13)14/h5,7-8,12H,4H2,1-3H3,(H,13,14). The van der Waals surface area contributed by atoms with Crippen molar-refractivity contribution in [1.29, 1.82) is 0 Å². The SMILES string of the molecule is CCC(C)OC(=O)C(C(C)=O)C(O)C(=O)O. The van der Waals surface area contributed by atoms with E-state index in [-0.39, 0.29) is 0 Å². The zero-order chi connectivity index (χ0) is 12.9. The van der Waals surface area contributed by atoms with Crippen molar-refractivity contribution < 1.29 is 29.3 Å². The highest BCUT2D eigenvalue weighted by atomic mass is 16.5. The third kappa shape index (κ3) is 3.98. The van der Waals surface area contributed by atoms with E-state index < -0.39 is 35.8 Å². The van der Waals surface area contributed by atoms with Crippen molar-refractivity contribution in [3.8, 4) is 0 Å². The van der Waals surface area contributed by atoms with Crippen LogP contribution in [0, 0.1) is 5.92 Å². The lowest BCUT2D eigenvalue weighted by Crippen LogP contribution is -2.41. The smallest absolute Gasteiger partial charge is 0.333 e. The Morgan fingerprint density at radius 1 is 1.31 bits per heavy atom. The summed E-state index contributed by atoms with van der Waals surface area (Å²) in [7, 11) is 0. The molecule has 0 aromatic carbocycles. The first-order chi connectivity index (χ1) is 7.31. The molecule has 0 saturated heterocycles. The van der Waals surface area contributed by atoms with E-state index >= 15 is 0 Å². The summed E-state index contributed by atoms with van der Waals surface area (Å²) < 4.78 is 4.81. The molecule has 0 aliphatic rings.